The molecule has 0 saturated carbocycles. The molecule has 0 aliphatic carbocycles. The molecule has 74 valence electrons. The zero-order chi connectivity index (χ0) is 9.40. The molecule has 0 fully saturated rings. The number of ether oxygens (including phenoxy) is 1. The Hall–Kier alpha value is 0.270. The SMILES string of the molecule is CC(C)OCCSC(C)CCO. The summed E-state index contributed by atoms with van der Waals surface area (Å²) in [6.07, 6.45) is 1.21. The molecule has 0 spiro atoms. The Balaban J connectivity index is 3.08. The van der Waals surface area contributed by atoms with Gasteiger partial charge in [-0.15, -0.1) is 0 Å². The molecule has 3 heteroatoms. The average Bonchev–Trinajstić information content (AvgIpc) is 1.98. The Morgan fingerprint density at radius 3 is 2.50 bits per heavy atom. The molecule has 0 aromatic carbocycles. The highest BCUT2D eigenvalue weighted by molar-refractivity contribution is 7.99. The van der Waals surface area contributed by atoms with Crippen LogP contribution in [-0.4, -0.2) is 35.4 Å². The molecule has 0 radical (unpaired) electrons. The van der Waals surface area contributed by atoms with Crippen LogP contribution in [0.2, 0.25) is 0 Å². The van der Waals surface area contributed by atoms with Crippen LogP contribution in [0.5, 0.6) is 0 Å². The van der Waals surface area contributed by atoms with E-state index in [-0.39, 0.29) is 0 Å². The van der Waals surface area contributed by atoms with Gasteiger partial charge in [-0.1, -0.05) is 6.92 Å². The molecule has 1 N–H and O–H groups in total. The highest BCUT2D eigenvalue weighted by Gasteiger charge is 2.01. The molecule has 0 amide bonds. The van der Waals surface area contributed by atoms with Crippen LogP contribution in [0.4, 0.5) is 0 Å². The van der Waals surface area contributed by atoms with Crippen molar-refractivity contribution in [1.82, 2.24) is 0 Å². The summed E-state index contributed by atoms with van der Waals surface area (Å²) in [5.41, 5.74) is 0. The maximum Gasteiger partial charge on any atom is 0.0560 e. The van der Waals surface area contributed by atoms with Crippen LogP contribution in [-0.2, 0) is 4.74 Å². The molecule has 1 unspecified atom stereocenters. The first-order valence-corrected chi connectivity index (χ1v) is 5.55. The molecule has 0 rings (SSSR count). The van der Waals surface area contributed by atoms with Crippen LogP contribution < -0.4 is 0 Å². The van der Waals surface area contributed by atoms with Crippen molar-refractivity contribution in [3.8, 4) is 0 Å². The summed E-state index contributed by atoms with van der Waals surface area (Å²) in [6, 6.07) is 0. The fraction of sp³-hybridized carbons (Fsp3) is 1.00. The van der Waals surface area contributed by atoms with Crippen molar-refractivity contribution in [2.75, 3.05) is 19.0 Å². The third-order valence-electron chi connectivity index (χ3n) is 1.47. The Morgan fingerprint density at radius 2 is 2.00 bits per heavy atom. The van der Waals surface area contributed by atoms with Gasteiger partial charge in [-0.2, -0.15) is 11.8 Å². The van der Waals surface area contributed by atoms with E-state index in [0.29, 0.717) is 18.0 Å². The fourth-order valence-corrected chi connectivity index (χ4v) is 1.67. The number of hydrogen-bond acceptors (Lipinski definition) is 3. The Labute approximate surface area is 79.7 Å². The number of aliphatic hydroxyl groups is 1. The van der Waals surface area contributed by atoms with Gasteiger partial charge in [0.15, 0.2) is 0 Å². The van der Waals surface area contributed by atoms with E-state index in [2.05, 4.69) is 6.92 Å². The summed E-state index contributed by atoms with van der Waals surface area (Å²) < 4.78 is 5.39. The minimum absolute atomic E-state index is 0.291. The predicted molar refractivity (Wildman–Crippen MR) is 54.7 cm³/mol. The molecule has 0 aliphatic heterocycles. The van der Waals surface area contributed by atoms with Gasteiger partial charge in [0, 0.05) is 17.6 Å². The highest BCUT2D eigenvalue weighted by atomic mass is 32.2. The third-order valence-corrected chi connectivity index (χ3v) is 2.68. The first-order valence-electron chi connectivity index (χ1n) is 4.51. The zero-order valence-electron chi connectivity index (χ0n) is 8.25. The molecule has 0 bridgehead atoms. The summed E-state index contributed by atoms with van der Waals surface area (Å²) >= 11 is 1.86. The molecule has 2 nitrogen and oxygen atoms in total. The Morgan fingerprint density at radius 1 is 1.33 bits per heavy atom. The largest absolute Gasteiger partial charge is 0.396 e. The Kier molecular flexibility index (Phi) is 8.07. The second-order valence-corrected chi connectivity index (χ2v) is 4.66. The predicted octanol–water partition coefficient (Wildman–Crippen LogP) is 1.92. The summed E-state index contributed by atoms with van der Waals surface area (Å²) in [7, 11) is 0. The van der Waals surface area contributed by atoms with Gasteiger partial charge in [0.25, 0.3) is 0 Å². The first-order chi connectivity index (χ1) is 5.66. The van der Waals surface area contributed by atoms with E-state index in [4.69, 9.17) is 9.84 Å². The topological polar surface area (TPSA) is 29.5 Å². The normalized spacial score (nSPS) is 13.8. The number of aliphatic hydroxyl groups excluding tert-OH is 1. The van der Waals surface area contributed by atoms with Crippen molar-refractivity contribution in [2.24, 2.45) is 0 Å². The van der Waals surface area contributed by atoms with Crippen molar-refractivity contribution in [3.05, 3.63) is 0 Å². The van der Waals surface area contributed by atoms with Crippen molar-refractivity contribution in [3.63, 3.8) is 0 Å². The van der Waals surface area contributed by atoms with Crippen LogP contribution >= 0.6 is 11.8 Å². The summed E-state index contributed by atoms with van der Waals surface area (Å²) in [6.45, 7) is 7.33. The second-order valence-electron chi connectivity index (χ2n) is 3.11. The minimum atomic E-state index is 0.291. The quantitative estimate of drug-likeness (QED) is 0.625. The summed E-state index contributed by atoms with van der Waals surface area (Å²) in [5.74, 6) is 1.03. The van der Waals surface area contributed by atoms with E-state index < -0.39 is 0 Å². The van der Waals surface area contributed by atoms with Crippen LogP contribution in [0.1, 0.15) is 27.2 Å². The third kappa shape index (κ3) is 8.37. The van der Waals surface area contributed by atoms with E-state index in [1.54, 1.807) is 0 Å². The Bertz CT molecular complexity index is 96.5. The summed E-state index contributed by atoms with van der Waals surface area (Å²) in [4.78, 5) is 0. The molecule has 12 heavy (non-hydrogen) atoms. The van der Waals surface area contributed by atoms with Gasteiger partial charge < -0.3 is 9.84 Å². The maximum atomic E-state index is 8.64. The van der Waals surface area contributed by atoms with E-state index in [9.17, 15) is 0 Å². The smallest absolute Gasteiger partial charge is 0.0560 e. The van der Waals surface area contributed by atoms with E-state index in [0.717, 1.165) is 18.8 Å². The average molecular weight is 192 g/mol. The molecule has 1 atom stereocenters. The lowest BCUT2D eigenvalue weighted by Gasteiger charge is -2.10. The van der Waals surface area contributed by atoms with Gasteiger partial charge in [-0.25, -0.2) is 0 Å². The molecule has 0 aromatic rings. The highest BCUT2D eigenvalue weighted by Crippen LogP contribution is 2.12. The van der Waals surface area contributed by atoms with Crippen LogP contribution in [0.3, 0.4) is 0 Å². The number of rotatable bonds is 7. The van der Waals surface area contributed by atoms with Gasteiger partial charge >= 0.3 is 0 Å². The van der Waals surface area contributed by atoms with E-state index in [1.165, 1.54) is 0 Å². The standard InChI is InChI=1S/C9H20O2S/c1-8(2)11-6-7-12-9(3)4-5-10/h8-10H,4-7H2,1-3H3. The van der Waals surface area contributed by atoms with Gasteiger partial charge in [0.2, 0.25) is 0 Å². The van der Waals surface area contributed by atoms with Crippen molar-refractivity contribution in [2.45, 2.75) is 38.5 Å². The van der Waals surface area contributed by atoms with Crippen molar-refractivity contribution in [1.29, 1.82) is 0 Å². The van der Waals surface area contributed by atoms with Gasteiger partial charge in [-0.3, -0.25) is 0 Å². The summed E-state index contributed by atoms with van der Waals surface area (Å²) in [5, 5.41) is 9.18. The minimum Gasteiger partial charge on any atom is -0.396 e. The van der Waals surface area contributed by atoms with Gasteiger partial charge in [-0.05, 0) is 20.3 Å². The maximum absolute atomic E-state index is 8.64. The molecular weight excluding hydrogens is 172 g/mol. The van der Waals surface area contributed by atoms with Crippen LogP contribution in [0.25, 0.3) is 0 Å². The molecule has 0 heterocycles. The zero-order valence-corrected chi connectivity index (χ0v) is 9.06. The first kappa shape index (κ1) is 12.3. The number of hydrogen-bond donors (Lipinski definition) is 1. The molecule has 0 aliphatic rings. The van der Waals surface area contributed by atoms with Gasteiger partial charge in [0.1, 0.15) is 0 Å². The molecule has 0 aromatic heterocycles. The molecule has 0 saturated heterocycles. The lowest BCUT2D eigenvalue weighted by molar-refractivity contribution is 0.0920. The fourth-order valence-electron chi connectivity index (χ4n) is 0.798. The monoisotopic (exact) mass is 192 g/mol. The van der Waals surface area contributed by atoms with E-state index in [1.807, 2.05) is 25.6 Å². The van der Waals surface area contributed by atoms with Crippen molar-refractivity contribution >= 4 is 11.8 Å². The van der Waals surface area contributed by atoms with Gasteiger partial charge in [0.05, 0.1) is 12.7 Å². The lowest BCUT2D eigenvalue weighted by atomic mass is 10.3. The molecular formula is C9H20O2S. The van der Waals surface area contributed by atoms with Crippen molar-refractivity contribution < 1.29 is 9.84 Å². The number of thioether (sulfide) groups is 1. The lowest BCUT2D eigenvalue weighted by Crippen LogP contribution is -2.08. The van der Waals surface area contributed by atoms with Crippen LogP contribution in [0.15, 0.2) is 0 Å². The van der Waals surface area contributed by atoms with Crippen LogP contribution in [0, 0.1) is 0 Å². The van der Waals surface area contributed by atoms with E-state index >= 15 is 0 Å². The second kappa shape index (κ2) is 7.90.